The molecular weight excluding hydrogens is 338 g/mol. The van der Waals surface area contributed by atoms with E-state index in [0.29, 0.717) is 24.6 Å². The highest BCUT2D eigenvalue weighted by Crippen LogP contribution is 2.24. The van der Waals surface area contributed by atoms with Gasteiger partial charge < -0.3 is 10.6 Å². The lowest BCUT2D eigenvalue weighted by atomic mass is 10.0. The highest BCUT2D eigenvalue weighted by atomic mass is 16.1. The molecule has 6 heteroatoms. The third-order valence-electron chi connectivity index (χ3n) is 4.79. The molecule has 0 fully saturated rings. The van der Waals surface area contributed by atoms with Gasteiger partial charge in [0, 0.05) is 49.6 Å². The van der Waals surface area contributed by atoms with Gasteiger partial charge in [0.25, 0.3) is 0 Å². The second kappa shape index (κ2) is 7.15. The Hall–Kier alpha value is -3.28. The number of aryl methyl sites for hydroxylation is 1. The molecule has 3 heterocycles. The van der Waals surface area contributed by atoms with Crippen molar-refractivity contribution in [1.29, 1.82) is 0 Å². The molecule has 27 heavy (non-hydrogen) atoms. The van der Waals surface area contributed by atoms with E-state index in [-0.39, 0.29) is 5.78 Å². The lowest BCUT2D eigenvalue weighted by molar-refractivity contribution is 0.0988. The van der Waals surface area contributed by atoms with Crippen LogP contribution in [0.15, 0.2) is 48.8 Å². The zero-order chi connectivity index (χ0) is 18.8. The largest absolute Gasteiger partial charge is 0.368 e. The van der Waals surface area contributed by atoms with Gasteiger partial charge >= 0.3 is 0 Å². The van der Waals surface area contributed by atoms with Crippen molar-refractivity contribution in [2.24, 2.45) is 0 Å². The number of fused-ring (bicyclic) bond motifs is 1. The summed E-state index contributed by atoms with van der Waals surface area (Å²) in [6.45, 7) is 3.54. The number of nitrogens with zero attached hydrogens (tertiary/aromatic N) is 4. The molecule has 0 radical (unpaired) electrons. The normalized spacial score (nSPS) is 13.3. The number of carbonyl (C=O) groups excluding carboxylic acids is 1. The van der Waals surface area contributed by atoms with Gasteiger partial charge in [0.15, 0.2) is 5.78 Å². The number of Topliss-reactive ketones (excluding diaryl/α,β-unsaturated/α-hetero) is 1. The van der Waals surface area contributed by atoms with Crippen LogP contribution in [-0.4, -0.2) is 27.3 Å². The second-order valence-corrected chi connectivity index (χ2v) is 6.86. The number of nitrogens with two attached hydrogens (primary N) is 1. The minimum absolute atomic E-state index is 0.0240. The molecular formula is C21H21N5O. The van der Waals surface area contributed by atoms with Crippen LogP contribution in [0.5, 0.6) is 0 Å². The Labute approximate surface area is 158 Å². The first-order valence-corrected chi connectivity index (χ1v) is 8.98. The molecule has 1 aliphatic heterocycles. The molecule has 0 saturated heterocycles. The molecule has 0 saturated carbocycles. The van der Waals surface area contributed by atoms with Crippen LogP contribution >= 0.6 is 0 Å². The molecule has 4 rings (SSSR count). The number of hydrogen-bond donors (Lipinski definition) is 1. The summed E-state index contributed by atoms with van der Waals surface area (Å²) in [6, 6.07) is 11.8. The van der Waals surface area contributed by atoms with E-state index in [0.717, 1.165) is 41.0 Å². The summed E-state index contributed by atoms with van der Waals surface area (Å²) in [5.41, 5.74) is 11.4. The summed E-state index contributed by atoms with van der Waals surface area (Å²) in [6.07, 6.45) is 4.65. The minimum atomic E-state index is 0.0240. The summed E-state index contributed by atoms with van der Waals surface area (Å²) >= 11 is 0. The third kappa shape index (κ3) is 3.79. The number of nitrogen functional groups attached to an aromatic ring is 1. The average Bonchev–Trinajstić information content (AvgIpc) is 2.67. The molecule has 2 aromatic heterocycles. The van der Waals surface area contributed by atoms with Crippen LogP contribution in [0.4, 0.5) is 11.6 Å². The van der Waals surface area contributed by atoms with Crippen LogP contribution in [-0.2, 0) is 19.4 Å². The number of benzene rings is 1. The first kappa shape index (κ1) is 17.1. The van der Waals surface area contributed by atoms with E-state index in [9.17, 15) is 4.79 Å². The highest BCUT2D eigenvalue weighted by Gasteiger charge is 2.19. The summed E-state index contributed by atoms with van der Waals surface area (Å²) in [7, 11) is 0. The SMILES string of the molecule is Cc1cccc(CC(=O)c2cc(N3CCc4nc(N)ncc4C3)ccn2)c1. The van der Waals surface area contributed by atoms with E-state index < -0.39 is 0 Å². The van der Waals surface area contributed by atoms with E-state index in [4.69, 9.17) is 5.73 Å². The van der Waals surface area contributed by atoms with E-state index in [1.165, 1.54) is 0 Å². The van der Waals surface area contributed by atoms with E-state index in [1.54, 1.807) is 12.4 Å². The number of carbonyl (C=O) groups is 1. The van der Waals surface area contributed by atoms with Gasteiger partial charge in [0.05, 0.1) is 5.69 Å². The van der Waals surface area contributed by atoms with Crippen LogP contribution in [0.3, 0.4) is 0 Å². The first-order valence-electron chi connectivity index (χ1n) is 8.98. The van der Waals surface area contributed by atoms with Crippen molar-refractivity contribution in [3.63, 3.8) is 0 Å². The quantitative estimate of drug-likeness (QED) is 0.721. The Balaban J connectivity index is 1.52. The molecule has 0 unspecified atom stereocenters. The maximum atomic E-state index is 12.7. The lowest BCUT2D eigenvalue weighted by Gasteiger charge is -2.30. The molecule has 136 valence electrons. The molecule has 1 aromatic carbocycles. The molecule has 0 aliphatic carbocycles. The van der Waals surface area contributed by atoms with Crippen molar-refractivity contribution in [3.05, 3.63) is 76.9 Å². The van der Waals surface area contributed by atoms with Gasteiger partial charge in [-0.3, -0.25) is 9.78 Å². The molecule has 2 N–H and O–H groups in total. The number of hydrogen-bond acceptors (Lipinski definition) is 6. The zero-order valence-corrected chi connectivity index (χ0v) is 15.2. The summed E-state index contributed by atoms with van der Waals surface area (Å²) in [5, 5.41) is 0. The molecule has 0 bridgehead atoms. The zero-order valence-electron chi connectivity index (χ0n) is 15.2. The van der Waals surface area contributed by atoms with Gasteiger partial charge in [-0.15, -0.1) is 0 Å². The van der Waals surface area contributed by atoms with Gasteiger partial charge in [0.1, 0.15) is 5.69 Å². The topological polar surface area (TPSA) is 85.0 Å². The molecule has 6 nitrogen and oxygen atoms in total. The number of pyridine rings is 1. The fourth-order valence-corrected chi connectivity index (χ4v) is 3.42. The van der Waals surface area contributed by atoms with Crippen LogP contribution in [0, 0.1) is 6.92 Å². The minimum Gasteiger partial charge on any atom is -0.368 e. The van der Waals surface area contributed by atoms with Crippen LogP contribution in [0.25, 0.3) is 0 Å². The van der Waals surface area contributed by atoms with Crippen molar-refractivity contribution >= 4 is 17.4 Å². The Morgan fingerprint density at radius 2 is 2.11 bits per heavy atom. The van der Waals surface area contributed by atoms with Gasteiger partial charge in [-0.05, 0) is 24.6 Å². The summed E-state index contributed by atoms with van der Waals surface area (Å²) < 4.78 is 0. The first-order chi connectivity index (χ1) is 13.1. The van der Waals surface area contributed by atoms with Crippen molar-refractivity contribution < 1.29 is 4.79 Å². The summed E-state index contributed by atoms with van der Waals surface area (Å²) in [5.74, 6) is 0.339. The van der Waals surface area contributed by atoms with Crippen LogP contribution in [0.2, 0.25) is 0 Å². The maximum Gasteiger partial charge on any atom is 0.220 e. The van der Waals surface area contributed by atoms with Crippen molar-refractivity contribution in [2.45, 2.75) is 26.3 Å². The Kier molecular flexibility index (Phi) is 4.54. The predicted molar refractivity (Wildman–Crippen MR) is 105 cm³/mol. The van der Waals surface area contributed by atoms with Crippen LogP contribution in [0.1, 0.15) is 32.9 Å². The maximum absolute atomic E-state index is 12.7. The monoisotopic (exact) mass is 359 g/mol. The summed E-state index contributed by atoms with van der Waals surface area (Å²) in [4.78, 5) is 27.6. The predicted octanol–water partition coefficient (Wildman–Crippen LogP) is 2.75. The Bertz CT molecular complexity index is 1000. The molecule has 1 aliphatic rings. The number of anilines is 2. The fourth-order valence-electron chi connectivity index (χ4n) is 3.42. The molecule has 3 aromatic rings. The van der Waals surface area contributed by atoms with Gasteiger partial charge in [-0.25, -0.2) is 9.97 Å². The molecule has 0 amide bonds. The second-order valence-electron chi connectivity index (χ2n) is 6.86. The Morgan fingerprint density at radius 3 is 2.96 bits per heavy atom. The van der Waals surface area contributed by atoms with E-state index in [1.807, 2.05) is 43.3 Å². The van der Waals surface area contributed by atoms with Gasteiger partial charge in [-0.2, -0.15) is 0 Å². The van der Waals surface area contributed by atoms with Crippen molar-refractivity contribution in [3.8, 4) is 0 Å². The number of aromatic nitrogens is 3. The van der Waals surface area contributed by atoms with E-state index in [2.05, 4.69) is 19.9 Å². The average molecular weight is 359 g/mol. The van der Waals surface area contributed by atoms with Gasteiger partial charge in [-0.1, -0.05) is 29.8 Å². The molecule has 0 spiro atoms. The highest BCUT2D eigenvalue weighted by molar-refractivity contribution is 5.96. The third-order valence-corrected chi connectivity index (χ3v) is 4.79. The van der Waals surface area contributed by atoms with E-state index >= 15 is 0 Å². The standard InChI is InChI=1S/C21H21N5O/c1-14-3-2-4-15(9-14)10-20(27)19-11-17(5-7-23-19)26-8-6-18-16(13-26)12-24-21(22)25-18/h2-5,7,9,11-12H,6,8,10,13H2,1H3,(H2,22,24,25). The molecule has 0 atom stereocenters. The lowest BCUT2D eigenvalue weighted by Crippen LogP contribution is -2.31. The van der Waals surface area contributed by atoms with Crippen molar-refractivity contribution in [2.75, 3.05) is 17.2 Å². The fraction of sp³-hybridized carbons (Fsp3) is 0.238. The van der Waals surface area contributed by atoms with Gasteiger partial charge in [0.2, 0.25) is 5.95 Å². The smallest absolute Gasteiger partial charge is 0.220 e. The number of ketones is 1. The Morgan fingerprint density at radius 1 is 1.22 bits per heavy atom. The van der Waals surface area contributed by atoms with Crippen molar-refractivity contribution in [1.82, 2.24) is 15.0 Å². The van der Waals surface area contributed by atoms with Crippen LogP contribution < -0.4 is 10.6 Å². The number of rotatable bonds is 4.